The number of aliphatic hydroxyl groups is 1. The summed E-state index contributed by atoms with van der Waals surface area (Å²) >= 11 is 0. The molecule has 2 unspecified atom stereocenters. The lowest BCUT2D eigenvalue weighted by Crippen LogP contribution is -2.19. The first-order valence-corrected chi connectivity index (χ1v) is 9.50. The SMILES string of the molecule is CCCCCCCCCCCC(CCCC)OCC(C)O. The van der Waals surface area contributed by atoms with Crippen LogP contribution >= 0.6 is 0 Å². The minimum Gasteiger partial charge on any atom is -0.391 e. The molecule has 0 aliphatic carbocycles. The second-order valence-electron chi connectivity index (χ2n) is 6.56. The van der Waals surface area contributed by atoms with Crippen molar-refractivity contribution >= 4 is 0 Å². The van der Waals surface area contributed by atoms with Crippen LogP contribution in [0.4, 0.5) is 0 Å². The average Bonchev–Trinajstić information content (AvgIpc) is 2.47. The van der Waals surface area contributed by atoms with Gasteiger partial charge in [-0.1, -0.05) is 84.5 Å². The highest BCUT2D eigenvalue weighted by molar-refractivity contribution is 4.60. The molecule has 21 heavy (non-hydrogen) atoms. The molecular formula is C19H40O2. The molecule has 2 atom stereocenters. The van der Waals surface area contributed by atoms with Gasteiger partial charge >= 0.3 is 0 Å². The molecule has 128 valence electrons. The summed E-state index contributed by atoms with van der Waals surface area (Å²) in [5.74, 6) is 0. The first-order chi connectivity index (χ1) is 10.2. The molecule has 0 fully saturated rings. The van der Waals surface area contributed by atoms with Gasteiger partial charge in [-0.25, -0.2) is 0 Å². The number of ether oxygens (including phenoxy) is 1. The van der Waals surface area contributed by atoms with E-state index in [1.165, 1.54) is 77.0 Å². The Hall–Kier alpha value is -0.0800. The summed E-state index contributed by atoms with van der Waals surface area (Å²) in [7, 11) is 0. The van der Waals surface area contributed by atoms with Crippen molar-refractivity contribution in [3.05, 3.63) is 0 Å². The second-order valence-corrected chi connectivity index (χ2v) is 6.56. The van der Waals surface area contributed by atoms with Gasteiger partial charge in [-0.15, -0.1) is 0 Å². The largest absolute Gasteiger partial charge is 0.391 e. The van der Waals surface area contributed by atoms with Crippen molar-refractivity contribution in [3.8, 4) is 0 Å². The molecular weight excluding hydrogens is 260 g/mol. The van der Waals surface area contributed by atoms with Crippen molar-refractivity contribution in [2.45, 2.75) is 116 Å². The minimum atomic E-state index is -0.336. The van der Waals surface area contributed by atoms with Crippen molar-refractivity contribution in [2.75, 3.05) is 6.61 Å². The molecule has 0 aromatic rings. The third kappa shape index (κ3) is 16.1. The molecule has 0 saturated heterocycles. The average molecular weight is 301 g/mol. The van der Waals surface area contributed by atoms with Crippen LogP contribution in [0.1, 0.15) is 104 Å². The van der Waals surface area contributed by atoms with Gasteiger partial charge in [0.05, 0.1) is 18.8 Å². The first kappa shape index (κ1) is 20.9. The van der Waals surface area contributed by atoms with Crippen LogP contribution in [0.15, 0.2) is 0 Å². The Kier molecular flexibility index (Phi) is 16.2. The molecule has 0 heterocycles. The van der Waals surface area contributed by atoms with Crippen molar-refractivity contribution in [3.63, 3.8) is 0 Å². The van der Waals surface area contributed by atoms with E-state index in [0.717, 1.165) is 6.42 Å². The molecule has 0 bridgehead atoms. The van der Waals surface area contributed by atoms with Gasteiger partial charge in [0.2, 0.25) is 0 Å². The Morgan fingerprint density at radius 1 is 0.714 bits per heavy atom. The van der Waals surface area contributed by atoms with Gasteiger partial charge in [0.1, 0.15) is 0 Å². The standard InChI is InChI=1S/C19H40O2/c1-4-6-8-9-10-11-12-13-14-16-19(15-7-5-2)21-17-18(3)20/h18-20H,4-17H2,1-3H3. The summed E-state index contributed by atoms with van der Waals surface area (Å²) in [6, 6.07) is 0. The van der Waals surface area contributed by atoms with Gasteiger partial charge in [-0.3, -0.25) is 0 Å². The molecule has 2 heteroatoms. The maximum absolute atomic E-state index is 9.33. The number of hydrogen-bond acceptors (Lipinski definition) is 2. The van der Waals surface area contributed by atoms with Gasteiger partial charge in [-0.2, -0.15) is 0 Å². The monoisotopic (exact) mass is 300 g/mol. The van der Waals surface area contributed by atoms with E-state index in [9.17, 15) is 5.11 Å². The molecule has 0 radical (unpaired) electrons. The molecule has 0 rings (SSSR count). The molecule has 0 amide bonds. The number of rotatable bonds is 16. The zero-order valence-electron chi connectivity index (χ0n) is 14.9. The normalized spacial score (nSPS) is 14.3. The van der Waals surface area contributed by atoms with Crippen LogP contribution in [-0.4, -0.2) is 23.9 Å². The quantitative estimate of drug-likeness (QED) is 0.362. The van der Waals surface area contributed by atoms with E-state index in [-0.39, 0.29) is 6.10 Å². The Bertz CT molecular complexity index is 192. The highest BCUT2D eigenvalue weighted by atomic mass is 16.5. The molecule has 0 saturated carbocycles. The molecule has 0 aromatic carbocycles. The Morgan fingerprint density at radius 3 is 1.71 bits per heavy atom. The van der Waals surface area contributed by atoms with E-state index >= 15 is 0 Å². The fourth-order valence-corrected chi connectivity index (χ4v) is 2.70. The molecule has 0 aliphatic heterocycles. The predicted molar refractivity (Wildman–Crippen MR) is 92.8 cm³/mol. The lowest BCUT2D eigenvalue weighted by atomic mass is 10.0. The van der Waals surface area contributed by atoms with E-state index in [4.69, 9.17) is 4.74 Å². The lowest BCUT2D eigenvalue weighted by Gasteiger charge is -2.18. The number of unbranched alkanes of at least 4 members (excludes halogenated alkanes) is 9. The van der Waals surface area contributed by atoms with Crippen molar-refractivity contribution in [1.82, 2.24) is 0 Å². The van der Waals surface area contributed by atoms with Crippen molar-refractivity contribution < 1.29 is 9.84 Å². The topological polar surface area (TPSA) is 29.5 Å². The fourth-order valence-electron chi connectivity index (χ4n) is 2.70. The summed E-state index contributed by atoms with van der Waals surface area (Å²) in [5, 5.41) is 9.33. The van der Waals surface area contributed by atoms with Gasteiger partial charge in [0.25, 0.3) is 0 Å². The Balaban J connectivity index is 3.48. The zero-order valence-corrected chi connectivity index (χ0v) is 14.9. The summed E-state index contributed by atoms with van der Waals surface area (Å²) in [6.45, 7) is 6.79. The third-order valence-corrected chi connectivity index (χ3v) is 4.08. The maximum atomic E-state index is 9.33. The summed E-state index contributed by atoms with van der Waals surface area (Å²) in [4.78, 5) is 0. The van der Waals surface area contributed by atoms with E-state index in [2.05, 4.69) is 13.8 Å². The number of hydrogen-bond donors (Lipinski definition) is 1. The van der Waals surface area contributed by atoms with Crippen molar-refractivity contribution in [2.24, 2.45) is 0 Å². The maximum Gasteiger partial charge on any atom is 0.0745 e. The zero-order chi connectivity index (χ0) is 15.8. The molecule has 0 aliphatic rings. The minimum absolute atomic E-state index is 0.336. The molecule has 0 spiro atoms. The van der Waals surface area contributed by atoms with E-state index in [1.54, 1.807) is 6.92 Å². The molecule has 1 N–H and O–H groups in total. The van der Waals surface area contributed by atoms with Crippen LogP contribution in [0.5, 0.6) is 0 Å². The van der Waals surface area contributed by atoms with Gasteiger partial charge < -0.3 is 9.84 Å². The van der Waals surface area contributed by atoms with Crippen LogP contribution in [-0.2, 0) is 4.74 Å². The van der Waals surface area contributed by atoms with Crippen LogP contribution in [0.3, 0.4) is 0 Å². The summed E-state index contributed by atoms with van der Waals surface area (Å²) < 4.78 is 5.83. The van der Waals surface area contributed by atoms with E-state index in [0.29, 0.717) is 12.7 Å². The second kappa shape index (κ2) is 16.3. The Morgan fingerprint density at radius 2 is 1.19 bits per heavy atom. The smallest absolute Gasteiger partial charge is 0.0745 e. The fraction of sp³-hybridized carbons (Fsp3) is 1.00. The highest BCUT2D eigenvalue weighted by Crippen LogP contribution is 2.16. The van der Waals surface area contributed by atoms with Gasteiger partial charge in [0, 0.05) is 0 Å². The molecule has 2 nitrogen and oxygen atoms in total. The van der Waals surface area contributed by atoms with Crippen molar-refractivity contribution in [1.29, 1.82) is 0 Å². The Labute approximate surface area is 133 Å². The van der Waals surface area contributed by atoms with Gasteiger partial charge in [-0.05, 0) is 19.8 Å². The van der Waals surface area contributed by atoms with Gasteiger partial charge in [0.15, 0.2) is 0 Å². The predicted octanol–water partition coefficient (Wildman–Crippen LogP) is 5.86. The van der Waals surface area contributed by atoms with Crippen LogP contribution in [0, 0.1) is 0 Å². The lowest BCUT2D eigenvalue weighted by molar-refractivity contribution is -0.0116. The summed E-state index contributed by atoms with van der Waals surface area (Å²) in [5.41, 5.74) is 0. The first-order valence-electron chi connectivity index (χ1n) is 9.50. The van der Waals surface area contributed by atoms with E-state index in [1.807, 2.05) is 0 Å². The molecule has 0 aromatic heterocycles. The van der Waals surface area contributed by atoms with Crippen LogP contribution in [0.2, 0.25) is 0 Å². The van der Waals surface area contributed by atoms with Crippen LogP contribution < -0.4 is 0 Å². The summed E-state index contributed by atoms with van der Waals surface area (Å²) in [6.07, 6.45) is 17.2. The van der Waals surface area contributed by atoms with Crippen LogP contribution in [0.25, 0.3) is 0 Å². The van der Waals surface area contributed by atoms with E-state index < -0.39 is 0 Å². The third-order valence-electron chi connectivity index (χ3n) is 4.08. The number of aliphatic hydroxyl groups excluding tert-OH is 1. The highest BCUT2D eigenvalue weighted by Gasteiger charge is 2.09.